The smallest absolute Gasteiger partial charge is 0.236 e. The highest BCUT2D eigenvalue weighted by Crippen LogP contribution is 2.21. The average Bonchev–Trinajstić information content (AvgIpc) is 2.83. The van der Waals surface area contributed by atoms with E-state index in [9.17, 15) is 4.79 Å². The van der Waals surface area contributed by atoms with E-state index in [2.05, 4.69) is 14.9 Å². The van der Waals surface area contributed by atoms with Gasteiger partial charge in [-0.1, -0.05) is 11.6 Å². The van der Waals surface area contributed by atoms with Crippen LogP contribution in [-0.2, 0) is 18.4 Å². The predicted octanol–water partition coefficient (Wildman–Crippen LogP) is 1.51. The van der Waals surface area contributed by atoms with Crippen molar-refractivity contribution in [2.24, 2.45) is 7.05 Å². The van der Waals surface area contributed by atoms with E-state index in [-0.39, 0.29) is 0 Å². The number of aryl methyl sites for hydroxylation is 2. The summed E-state index contributed by atoms with van der Waals surface area (Å²) in [6, 6.07) is 0. The first-order valence-corrected chi connectivity index (χ1v) is 9.33. The molecular weight excluding hydrogens is 326 g/mol. The van der Waals surface area contributed by atoms with Gasteiger partial charge in [0.1, 0.15) is 5.15 Å². The molecule has 1 aromatic rings. The minimum Gasteiger partial charge on any atom is -0.342 e. The maximum absolute atomic E-state index is 12.4. The number of nitrogens with zero attached hydrogens (tertiary/aromatic N) is 5. The predicted molar refractivity (Wildman–Crippen MR) is 95.1 cm³/mol. The van der Waals surface area contributed by atoms with Gasteiger partial charge in [-0.25, -0.2) is 0 Å². The molecule has 7 heteroatoms. The Balaban J connectivity index is 1.46. The molecule has 0 aliphatic carbocycles. The minimum atomic E-state index is 0.300. The van der Waals surface area contributed by atoms with Gasteiger partial charge in [0, 0.05) is 58.4 Å². The zero-order chi connectivity index (χ0) is 17.1. The van der Waals surface area contributed by atoms with E-state index in [4.69, 9.17) is 11.6 Å². The number of hydrogen-bond acceptors (Lipinski definition) is 4. The number of amides is 1. The number of rotatable bonds is 4. The van der Waals surface area contributed by atoms with Crippen LogP contribution in [0.1, 0.15) is 30.5 Å². The van der Waals surface area contributed by atoms with Gasteiger partial charge in [0.25, 0.3) is 0 Å². The zero-order valence-corrected chi connectivity index (χ0v) is 15.6. The molecule has 2 aliphatic heterocycles. The largest absolute Gasteiger partial charge is 0.342 e. The third-order valence-corrected chi connectivity index (χ3v) is 5.66. The summed E-state index contributed by atoms with van der Waals surface area (Å²) in [6.07, 6.45) is 3.58. The number of likely N-dealkylation sites (tertiary alicyclic amines) is 1. The van der Waals surface area contributed by atoms with Crippen LogP contribution < -0.4 is 0 Å². The quantitative estimate of drug-likeness (QED) is 0.823. The molecule has 0 unspecified atom stereocenters. The molecule has 6 nitrogen and oxygen atoms in total. The van der Waals surface area contributed by atoms with Crippen molar-refractivity contribution in [3.05, 3.63) is 16.4 Å². The summed E-state index contributed by atoms with van der Waals surface area (Å²) in [5.41, 5.74) is 2.13. The van der Waals surface area contributed by atoms with Crippen molar-refractivity contribution in [3.63, 3.8) is 0 Å². The Labute approximate surface area is 149 Å². The van der Waals surface area contributed by atoms with Crippen LogP contribution >= 0.6 is 11.6 Å². The van der Waals surface area contributed by atoms with Gasteiger partial charge in [-0.3, -0.25) is 19.3 Å². The van der Waals surface area contributed by atoms with E-state index < -0.39 is 0 Å². The molecule has 0 atom stereocenters. The zero-order valence-electron chi connectivity index (χ0n) is 14.8. The van der Waals surface area contributed by atoms with Crippen LogP contribution in [0.3, 0.4) is 0 Å². The van der Waals surface area contributed by atoms with E-state index in [0.717, 1.165) is 75.1 Å². The fraction of sp³-hybridized carbons (Fsp3) is 0.765. The first-order chi connectivity index (χ1) is 11.5. The second-order valence-corrected chi connectivity index (χ2v) is 7.33. The fourth-order valence-electron chi connectivity index (χ4n) is 3.62. The summed E-state index contributed by atoms with van der Waals surface area (Å²) in [6.45, 7) is 9.12. The lowest BCUT2D eigenvalue weighted by atomic mass is 10.1. The van der Waals surface area contributed by atoms with E-state index in [1.807, 2.05) is 18.9 Å². The van der Waals surface area contributed by atoms with E-state index in [0.29, 0.717) is 12.5 Å². The third-order valence-electron chi connectivity index (χ3n) is 5.18. The first kappa shape index (κ1) is 17.7. The van der Waals surface area contributed by atoms with Gasteiger partial charge in [0.15, 0.2) is 0 Å². The Bertz CT molecular complexity index is 574. The molecule has 1 aromatic heterocycles. The second kappa shape index (κ2) is 7.85. The molecule has 3 heterocycles. The van der Waals surface area contributed by atoms with Gasteiger partial charge >= 0.3 is 0 Å². The second-order valence-electron chi connectivity index (χ2n) is 6.97. The molecule has 3 rings (SSSR count). The van der Waals surface area contributed by atoms with Crippen molar-refractivity contribution in [1.82, 2.24) is 24.5 Å². The Morgan fingerprint density at radius 2 is 1.67 bits per heavy atom. The summed E-state index contributed by atoms with van der Waals surface area (Å²) < 4.78 is 1.74. The lowest BCUT2D eigenvalue weighted by Gasteiger charge is -2.36. The molecule has 0 radical (unpaired) electrons. The average molecular weight is 354 g/mol. The van der Waals surface area contributed by atoms with Crippen LogP contribution in [0.5, 0.6) is 0 Å². The van der Waals surface area contributed by atoms with Crippen molar-refractivity contribution >= 4 is 17.5 Å². The lowest BCUT2D eigenvalue weighted by Crippen LogP contribution is -2.50. The Morgan fingerprint density at radius 1 is 1.04 bits per heavy atom. The number of carbonyl (C=O) groups excluding carboxylic acids is 1. The van der Waals surface area contributed by atoms with Crippen LogP contribution in [0.25, 0.3) is 0 Å². The molecular formula is C17H28ClN5O. The van der Waals surface area contributed by atoms with Crippen LogP contribution in [0.15, 0.2) is 0 Å². The SMILES string of the molecule is Cc1nn(C)c(Cl)c1CN1CCN(CC(=O)N2CCCCC2)CC1. The number of carbonyl (C=O) groups is 1. The maximum atomic E-state index is 12.4. The first-order valence-electron chi connectivity index (χ1n) is 8.95. The number of hydrogen-bond donors (Lipinski definition) is 0. The lowest BCUT2D eigenvalue weighted by molar-refractivity contribution is -0.133. The fourth-order valence-corrected chi connectivity index (χ4v) is 3.85. The maximum Gasteiger partial charge on any atom is 0.236 e. The van der Waals surface area contributed by atoms with Gasteiger partial charge in [0.05, 0.1) is 12.2 Å². The molecule has 0 bridgehead atoms. The standard InChI is InChI=1S/C17H28ClN5O/c1-14-15(17(18)20(2)19-14)12-21-8-10-22(11-9-21)13-16(24)23-6-4-3-5-7-23/h3-13H2,1-2H3. The highest BCUT2D eigenvalue weighted by Gasteiger charge is 2.24. The molecule has 134 valence electrons. The minimum absolute atomic E-state index is 0.300. The number of aromatic nitrogens is 2. The highest BCUT2D eigenvalue weighted by atomic mass is 35.5. The van der Waals surface area contributed by atoms with Crippen molar-refractivity contribution < 1.29 is 4.79 Å². The molecule has 2 saturated heterocycles. The van der Waals surface area contributed by atoms with Crippen LogP contribution in [0.4, 0.5) is 0 Å². The third kappa shape index (κ3) is 4.10. The molecule has 1 amide bonds. The molecule has 24 heavy (non-hydrogen) atoms. The molecule has 2 aliphatic rings. The Kier molecular flexibility index (Phi) is 5.79. The molecule has 0 N–H and O–H groups in total. The monoisotopic (exact) mass is 353 g/mol. The van der Waals surface area contributed by atoms with Crippen molar-refractivity contribution in [2.75, 3.05) is 45.8 Å². The Morgan fingerprint density at radius 3 is 2.25 bits per heavy atom. The van der Waals surface area contributed by atoms with Crippen LogP contribution in [-0.4, -0.2) is 76.2 Å². The highest BCUT2D eigenvalue weighted by molar-refractivity contribution is 6.30. The van der Waals surface area contributed by atoms with Crippen LogP contribution in [0.2, 0.25) is 5.15 Å². The molecule has 2 fully saturated rings. The number of piperazine rings is 1. The van der Waals surface area contributed by atoms with Crippen molar-refractivity contribution in [2.45, 2.75) is 32.7 Å². The Hall–Kier alpha value is -1.11. The topological polar surface area (TPSA) is 44.6 Å². The summed E-state index contributed by atoms with van der Waals surface area (Å²) in [7, 11) is 1.88. The van der Waals surface area contributed by atoms with E-state index >= 15 is 0 Å². The van der Waals surface area contributed by atoms with Gasteiger partial charge in [0.2, 0.25) is 5.91 Å². The van der Waals surface area contributed by atoms with E-state index in [1.165, 1.54) is 6.42 Å². The van der Waals surface area contributed by atoms with Crippen molar-refractivity contribution in [3.8, 4) is 0 Å². The summed E-state index contributed by atoms with van der Waals surface area (Å²) in [5.74, 6) is 0.300. The summed E-state index contributed by atoms with van der Waals surface area (Å²) in [5, 5.41) is 5.11. The molecule has 0 saturated carbocycles. The van der Waals surface area contributed by atoms with Gasteiger partial charge < -0.3 is 4.90 Å². The van der Waals surface area contributed by atoms with Gasteiger partial charge in [-0.15, -0.1) is 0 Å². The van der Waals surface area contributed by atoms with Gasteiger partial charge in [-0.2, -0.15) is 5.10 Å². The normalized spacial score (nSPS) is 20.5. The molecule has 0 spiro atoms. The van der Waals surface area contributed by atoms with Crippen LogP contribution in [0, 0.1) is 6.92 Å². The number of halogens is 1. The van der Waals surface area contributed by atoms with E-state index in [1.54, 1.807) is 4.68 Å². The summed E-state index contributed by atoms with van der Waals surface area (Å²) in [4.78, 5) is 19.1. The number of piperidine rings is 1. The molecule has 0 aromatic carbocycles. The van der Waals surface area contributed by atoms with Gasteiger partial charge in [-0.05, 0) is 26.2 Å². The van der Waals surface area contributed by atoms with Crippen molar-refractivity contribution in [1.29, 1.82) is 0 Å². The summed E-state index contributed by atoms with van der Waals surface area (Å²) >= 11 is 6.33.